The Morgan fingerprint density at radius 2 is 1.83 bits per heavy atom. The largest absolute Gasteiger partial charge is 0.330 e. The van der Waals surface area contributed by atoms with Crippen LogP contribution in [-0.2, 0) is 19.6 Å². The molecule has 0 aromatic carbocycles. The zero-order valence-electron chi connectivity index (χ0n) is 18.5. The average molecular weight is 441 g/mol. The van der Waals surface area contributed by atoms with Crippen molar-refractivity contribution in [1.29, 1.82) is 0 Å². The summed E-state index contributed by atoms with van der Waals surface area (Å²) < 4.78 is 25.3. The molecule has 3 heterocycles. The second kappa shape index (κ2) is 9.78. The Labute approximate surface area is 180 Å². The molecule has 3 rings (SSSR count). The van der Waals surface area contributed by atoms with Crippen LogP contribution in [0.3, 0.4) is 0 Å². The van der Waals surface area contributed by atoms with E-state index in [0.29, 0.717) is 25.1 Å². The first kappa shape index (κ1) is 23.2. The van der Waals surface area contributed by atoms with Gasteiger partial charge >= 0.3 is 0 Å². The van der Waals surface area contributed by atoms with Crippen LogP contribution in [0, 0.1) is 5.92 Å². The van der Waals surface area contributed by atoms with Crippen LogP contribution in [0.5, 0.6) is 0 Å². The number of carbonyl (C=O) groups excluding carboxylic acids is 2. The number of rotatable bonds is 9. The SMILES string of the molecule is CCC[C@H]1C(=O)N(S(C)(=O)=O)C2=CCN(C(=O)CCCCCN3CCN(C)CC3)[C@@H]21. The van der Waals surface area contributed by atoms with E-state index >= 15 is 0 Å². The smallest absolute Gasteiger partial charge is 0.246 e. The fraction of sp³-hybridized carbons (Fsp3) is 0.810. The van der Waals surface area contributed by atoms with Gasteiger partial charge in [-0.3, -0.25) is 9.59 Å². The Kier molecular flexibility index (Phi) is 7.57. The summed E-state index contributed by atoms with van der Waals surface area (Å²) >= 11 is 0. The first-order valence-electron chi connectivity index (χ1n) is 11.2. The van der Waals surface area contributed by atoms with E-state index < -0.39 is 22.0 Å². The van der Waals surface area contributed by atoms with E-state index in [1.807, 2.05) is 6.92 Å². The summed E-state index contributed by atoms with van der Waals surface area (Å²) in [5.41, 5.74) is 0.476. The highest BCUT2D eigenvalue weighted by Crippen LogP contribution is 2.40. The van der Waals surface area contributed by atoms with E-state index in [0.717, 1.165) is 69.0 Å². The van der Waals surface area contributed by atoms with Gasteiger partial charge in [0.1, 0.15) is 0 Å². The van der Waals surface area contributed by atoms with E-state index in [-0.39, 0.29) is 11.8 Å². The highest BCUT2D eigenvalue weighted by Gasteiger charge is 2.53. The predicted octanol–water partition coefficient (Wildman–Crippen LogP) is 1.11. The Bertz CT molecular complexity index is 774. The minimum absolute atomic E-state index is 0.0232. The average Bonchev–Trinajstić information content (AvgIpc) is 3.21. The first-order chi connectivity index (χ1) is 14.2. The summed E-state index contributed by atoms with van der Waals surface area (Å²) in [5.74, 6) is -0.824. The molecule has 2 fully saturated rings. The maximum atomic E-state index is 12.9. The van der Waals surface area contributed by atoms with Crippen molar-refractivity contribution in [2.75, 3.05) is 52.6 Å². The Morgan fingerprint density at radius 3 is 2.47 bits per heavy atom. The molecular weight excluding hydrogens is 404 g/mol. The lowest BCUT2D eigenvalue weighted by molar-refractivity contribution is -0.133. The third-order valence-corrected chi connectivity index (χ3v) is 7.54. The third kappa shape index (κ3) is 5.06. The molecule has 0 radical (unpaired) electrons. The van der Waals surface area contributed by atoms with Crippen molar-refractivity contribution < 1.29 is 18.0 Å². The second-order valence-electron chi connectivity index (χ2n) is 8.84. The molecule has 0 bridgehead atoms. The van der Waals surface area contributed by atoms with Crippen molar-refractivity contribution >= 4 is 21.8 Å². The van der Waals surface area contributed by atoms with Crippen LogP contribution in [0.1, 0.15) is 45.4 Å². The first-order valence-corrected chi connectivity index (χ1v) is 13.0. The van der Waals surface area contributed by atoms with Gasteiger partial charge in [0.15, 0.2) is 0 Å². The summed E-state index contributed by atoms with van der Waals surface area (Å²) in [6.45, 7) is 7.90. The van der Waals surface area contributed by atoms with Crippen molar-refractivity contribution in [2.45, 2.75) is 51.5 Å². The lowest BCUT2D eigenvalue weighted by Crippen LogP contribution is -2.44. The highest BCUT2D eigenvalue weighted by atomic mass is 32.2. The van der Waals surface area contributed by atoms with Crippen molar-refractivity contribution in [1.82, 2.24) is 19.0 Å². The number of unbranched alkanes of at least 4 members (excludes halogenated alkanes) is 2. The molecular formula is C21H36N4O4S. The number of hydrogen-bond donors (Lipinski definition) is 0. The molecule has 170 valence electrons. The zero-order chi connectivity index (χ0) is 21.9. The van der Waals surface area contributed by atoms with E-state index in [1.165, 1.54) is 0 Å². The standard InChI is InChI=1S/C21H36N4O4S/c1-4-8-17-20-18(25(21(17)27)30(3,28)29)10-12-24(20)19(26)9-6-5-7-11-23-15-13-22(2)14-16-23/h10,17,20H,4-9,11-16H2,1-3H3/t17-,20-/m1/s1. The fourth-order valence-electron chi connectivity index (χ4n) is 4.83. The molecule has 2 atom stereocenters. The third-order valence-electron chi connectivity index (χ3n) is 6.48. The van der Waals surface area contributed by atoms with Crippen LogP contribution in [0.2, 0.25) is 0 Å². The Balaban J connectivity index is 1.50. The monoisotopic (exact) mass is 440 g/mol. The van der Waals surface area contributed by atoms with Crippen molar-refractivity contribution in [3.63, 3.8) is 0 Å². The Morgan fingerprint density at radius 1 is 1.13 bits per heavy atom. The summed E-state index contributed by atoms with van der Waals surface area (Å²) in [4.78, 5) is 32.2. The minimum atomic E-state index is -3.67. The lowest BCUT2D eigenvalue weighted by Gasteiger charge is -2.32. The minimum Gasteiger partial charge on any atom is -0.330 e. The van der Waals surface area contributed by atoms with Crippen molar-refractivity contribution in [3.8, 4) is 0 Å². The number of likely N-dealkylation sites (N-methyl/N-ethyl adjacent to an activating group) is 1. The van der Waals surface area contributed by atoms with Crippen molar-refractivity contribution in [2.24, 2.45) is 5.92 Å². The van der Waals surface area contributed by atoms with E-state index in [1.54, 1.807) is 11.0 Å². The highest BCUT2D eigenvalue weighted by molar-refractivity contribution is 7.89. The number of nitrogens with zero attached hydrogens (tertiary/aromatic N) is 4. The van der Waals surface area contributed by atoms with E-state index in [4.69, 9.17) is 0 Å². The van der Waals surface area contributed by atoms with E-state index in [9.17, 15) is 18.0 Å². The summed E-state index contributed by atoms with van der Waals surface area (Å²) in [5, 5.41) is 0. The van der Waals surface area contributed by atoms with Gasteiger partial charge in [-0.1, -0.05) is 19.8 Å². The van der Waals surface area contributed by atoms with Gasteiger partial charge < -0.3 is 14.7 Å². The predicted molar refractivity (Wildman–Crippen MR) is 116 cm³/mol. The molecule has 30 heavy (non-hydrogen) atoms. The molecule has 8 nitrogen and oxygen atoms in total. The van der Waals surface area contributed by atoms with Gasteiger partial charge in [0.05, 0.1) is 23.9 Å². The summed E-state index contributed by atoms with van der Waals surface area (Å²) in [6.07, 6.45) is 7.52. The number of fused-ring (bicyclic) bond motifs is 1. The van der Waals surface area contributed by atoms with Gasteiger partial charge in [0.2, 0.25) is 21.8 Å². The maximum absolute atomic E-state index is 12.9. The van der Waals surface area contributed by atoms with Crippen LogP contribution in [0.15, 0.2) is 11.8 Å². The molecule has 3 aliphatic rings. The van der Waals surface area contributed by atoms with Gasteiger partial charge in [-0.15, -0.1) is 0 Å². The lowest BCUT2D eigenvalue weighted by atomic mass is 9.96. The molecule has 0 saturated carbocycles. The molecule has 0 aliphatic carbocycles. The van der Waals surface area contributed by atoms with Crippen LogP contribution in [-0.4, -0.2) is 97.9 Å². The van der Waals surface area contributed by atoms with Crippen molar-refractivity contribution in [3.05, 3.63) is 11.8 Å². The molecule has 2 amide bonds. The molecule has 2 saturated heterocycles. The van der Waals surface area contributed by atoms with Crippen LogP contribution >= 0.6 is 0 Å². The summed E-state index contributed by atoms with van der Waals surface area (Å²) in [6, 6.07) is -0.426. The quantitative estimate of drug-likeness (QED) is 0.500. The number of sulfonamides is 1. The van der Waals surface area contributed by atoms with Gasteiger partial charge in [-0.2, -0.15) is 0 Å². The molecule has 0 aromatic rings. The molecule has 0 spiro atoms. The topological polar surface area (TPSA) is 81.2 Å². The zero-order valence-corrected chi connectivity index (χ0v) is 19.4. The van der Waals surface area contributed by atoms with E-state index in [2.05, 4.69) is 16.8 Å². The normalized spacial score (nSPS) is 25.7. The fourth-order valence-corrected chi connectivity index (χ4v) is 5.86. The van der Waals surface area contributed by atoms with Gasteiger partial charge in [0, 0.05) is 39.1 Å². The number of hydrogen-bond acceptors (Lipinski definition) is 6. The second-order valence-corrected chi connectivity index (χ2v) is 10.7. The Hall–Kier alpha value is -1.45. The van der Waals surface area contributed by atoms with Crippen LogP contribution in [0.25, 0.3) is 0 Å². The van der Waals surface area contributed by atoms with Gasteiger partial charge in [-0.05, 0) is 38.9 Å². The number of amides is 2. The van der Waals surface area contributed by atoms with Crippen LogP contribution < -0.4 is 0 Å². The number of carbonyl (C=O) groups is 2. The van der Waals surface area contributed by atoms with Gasteiger partial charge in [-0.25, -0.2) is 12.7 Å². The van der Waals surface area contributed by atoms with Crippen LogP contribution in [0.4, 0.5) is 0 Å². The molecule has 9 heteroatoms. The molecule has 0 unspecified atom stereocenters. The molecule has 0 aromatic heterocycles. The molecule has 3 aliphatic heterocycles. The molecule has 0 N–H and O–H groups in total. The van der Waals surface area contributed by atoms with Gasteiger partial charge in [0.25, 0.3) is 0 Å². The summed E-state index contributed by atoms with van der Waals surface area (Å²) in [7, 11) is -1.52. The number of piperazine rings is 1. The maximum Gasteiger partial charge on any atom is 0.246 e.